The number of carbonyl (C=O) groups is 1. The highest BCUT2D eigenvalue weighted by atomic mass is 35.5. The van der Waals surface area contributed by atoms with Gasteiger partial charge in [-0.25, -0.2) is 0 Å². The second-order valence-corrected chi connectivity index (χ2v) is 4.98. The Kier molecular flexibility index (Phi) is 4.82. The minimum absolute atomic E-state index is 0.164. The molecule has 1 amide bonds. The van der Waals surface area contributed by atoms with Gasteiger partial charge >= 0.3 is 0 Å². The number of carbonyl (C=O) groups excluding carboxylic acids is 1. The summed E-state index contributed by atoms with van der Waals surface area (Å²) in [5, 5.41) is 6.74. The Hall–Kier alpha value is -1.78. The van der Waals surface area contributed by atoms with E-state index in [2.05, 4.69) is 10.6 Å². The predicted octanol–water partition coefficient (Wildman–Crippen LogP) is 3.04. The normalized spacial score (nSPS) is 10.6. The van der Waals surface area contributed by atoms with Crippen LogP contribution in [0.5, 0.6) is 0 Å². The highest BCUT2D eigenvalue weighted by molar-refractivity contribution is 6.31. The molecule has 2 rings (SSSR count). The van der Waals surface area contributed by atoms with Crippen LogP contribution in [0.1, 0.15) is 23.0 Å². The van der Waals surface area contributed by atoms with Crippen LogP contribution in [-0.2, 0) is 13.6 Å². The molecule has 2 N–H and O–H groups in total. The van der Waals surface area contributed by atoms with Gasteiger partial charge in [-0.2, -0.15) is 0 Å². The molecule has 0 aliphatic carbocycles. The van der Waals surface area contributed by atoms with E-state index in [1.807, 2.05) is 31.2 Å². The van der Waals surface area contributed by atoms with Gasteiger partial charge in [0.05, 0.1) is 5.02 Å². The van der Waals surface area contributed by atoms with E-state index in [1.165, 1.54) is 0 Å². The number of aryl methyl sites for hydroxylation is 1. The second-order valence-electron chi connectivity index (χ2n) is 4.55. The largest absolute Gasteiger partial charge is 0.345 e. The monoisotopic (exact) mass is 291 g/mol. The third kappa shape index (κ3) is 3.40. The molecule has 0 atom stereocenters. The fourth-order valence-electron chi connectivity index (χ4n) is 1.99. The summed E-state index contributed by atoms with van der Waals surface area (Å²) < 4.78 is 1.71. The second kappa shape index (κ2) is 6.59. The third-order valence-electron chi connectivity index (χ3n) is 3.04. The Morgan fingerprint density at radius 2 is 2.10 bits per heavy atom. The number of aromatic nitrogens is 1. The SMILES string of the molecule is CCNCc1ccccc1NC(=O)c1cc(Cl)cn1C. The first kappa shape index (κ1) is 14.6. The predicted molar refractivity (Wildman–Crippen MR) is 82.2 cm³/mol. The van der Waals surface area contributed by atoms with E-state index < -0.39 is 0 Å². The van der Waals surface area contributed by atoms with E-state index in [1.54, 1.807) is 23.9 Å². The summed E-state index contributed by atoms with van der Waals surface area (Å²) in [6, 6.07) is 9.42. The lowest BCUT2D eigenvalue weighted by Crippen LogP contribution is -2.18. The van der Waals surface area contributed by atoms with Crippen molar-refractivity contribution in [2.24, 2.45) is 7.05 Å². The molecule has 0 unspecified atom stereocenters. The molecule has 0 fully saturated rings. The van der Waals surface area contributed by atoms with Gasteiger partial charge in [-0.3, -0.25) is 4.79 Å². The number of para-hydroxylation sites is 1. The molecule has 1 aromatic carbocycles. The summed E-state index contributed by atoms with van der Waals surface area (Å²) in [7, 11) is 1.80. The van der Waals surface area contributed by atoms with Crippen LogP contribution in [0.25, 0.3) is 0 Å². The van der Waals surface area contributed by atoms with Crippen LogP contribution in [0.3, 0.4) is 0 Å². The minimum atomic E-state index is -0.164. The van der Waals surface area contributed by atoms with Gasteiger partial charge < -0.3 is 15.2 Å². The molecule has 1 aromatic heterocycles. The smallest absolute Gasteiger partial charge is 0.272 e. The zero-order valence-corrected chi connectivity index (χ0v) is 12.4. The standard InChI is InChI=1S/C15H18ClN3O/c1-3-17-9-11-6-4-5-7-13(11)18-15(20)14-8-12(16)10-19(14)2/h4-8,10,17H,3,9H2,1-2H3,(H,18,20). The van der Waals surface area contributed by atoms with Gasteiger partial charge in [-0.15, -0.1) is 0 Å². The molecule has 20 heavy (non-hydrogen) atoms. The van der Waals surface area contributed by atoms with Gasteiger partial charge in [0, 0.05) is 25.5 Å². The molecule has 0 spiro atoms. The van der Waals surface area contributed by atoms with Crippen molar-refractivity contribution in [1.82, 2.24) is 9.88 Å². The number of amides is 1. The third-order valence-corrected chi connectivity index (χ3v) is 3.24. The molecule has 4 nitrogen and oxygen atoms in total. The number of nitrogens with zero attached hydrogens (tertiary/aromatic N) is 1. The average Bonchev–Trinajstić information content (AvgIpc) is 2.77. The summed E-state index contributed by atoms with van der Waals surface area (Å²) in [5.41, 5.74) is 2.41. The molecule has 0 radical (unpaired) electrons. The molecular formula is C15H18ClN3O. The number of hydrogen-bond donors (Lipinski definition) is 2. The number of hydrogen-bond acceptors (Lipinski definition) is 2. The number of rotatable bonds is 5. The quantitative estimate of drug-likeness (QED) is 0.889. The van der Waals surface area contributed by atoms with Crippen molar-refractivity contribution in [1.29, 1.82) is 0 Å². The van der Waals surface area contributed by atoms with Crippen LogP contribution < -0.4 is 10.6 Å². The minimum Gasteiger partial charge on any atom is -0.345 e. The van der Waals surface area contributed by atoms with Gasteiger partial charge in [-0.05, 0) is 24.2 Å². The van der Waals surface area contributed by atoms with E-state index in [4.69, 9.17) is 11.6 Å². The zero-order chi connectivity index (χ0) is 14.5. The van der Waals surface area contributed by atoms with E-state index in [0.717, 1.165) is 24.3 Å². The average molecular weight is 292 g/mol. The van der Waals surface area contributed by atoms with E-state index >= 15 is 0 Å². The Bertz CT molecular complexity index is 607. The van der Waals surface area contributed by atoms with Gasteiger partial charge in [0.15, 0.2) is 0 Å². The number of benzene rings is 1. The molecule has 1 heterocycles. The maximum atomic E-state index is 12.3. The summed E-state index contributed by atoms with van der Waals surface area (Å²) in [4.78, 5) is 12.3. The van der Waals surface area contributed by atoms with E-state index in [0.29, 0.717) is 10.7 Å². The van der Waals surface area contributed by atoms with Crippen molar-refractivity contribution >= 4 is 23.2 Å². The van der Waals surface area contributed by atoms with Gasteiger partial charge in [0.1, 0.15) is 5.69 Å². The molecular weight excluding hydrogens is 274 g/mol. The lowest BCUT2D eigenvalue weighted by atomic mass is 10.1. The summed E-state index contributed by atoms with van der Waals surface area (Å²) in [6.07, 6.45) is 1.71. The van der Waals surface area contributed by atoms with E-state index in [9.17, 15) is 4.79 Å². The highest BCUT2D eigenvalue weighted by Gasteiger charge is 2.12. The number of anilines is 1. The van der Waals surface area contributed by atoms with Crippen molar-refractivity contribution in [2.75, 3.05) is 11.9 Å². The summed E-state index contributed by atoms with van der Waals surface area (Å²) in [6.45, 7) is 3.66. The van der Waals surface area contributed by atoms with Crippen molar-refractivity contribution in [3.8, 4) is 0 Å². The number of halogens is 1. The van der Waals surface area contributed by atoms with Crippen LogP contribution >= 0.6 is 11.6 Å². The van der Waals surface area contributed by atoms with Crippen LogP contribution in [0.15, 0.2) is 36.5 Å². The highest BCUT2D eigenvalue weighted by Crippen LogP contribution is 2.18. The van der Waals surface area contributed by atoms with Crippen LogP contribution in [0, 0.1) is 0 Å². The van der Waals surface area contributed by atoms with Gasteiger partial charge in [0.25, 0.3) is 5.91 Å². The Labute approximate surface area is 123 Å². The first-order valence-corrected chi connectivity index (χ1v) is 6.91. The van der Waals surface area contributed by atoms with Gasteiger partial charge in [-0.1, -0.05) is 36.7 Å². The van der Waals surface area contributed by atoms with Crippen molar-refractivity contribution < 1.29 is 4.79 Å². The Morgan fingerprint density at radius 3 is 2.75 bits per heavy atom. The Morgan fingerprint density at radius 1 is 1.35 bits per heavy atom. The first-order chi connectivity index (χ1) is 9.61. The van der Waals surface area contributed by atoms with Crippen molar-refractivity contribution in [3.63, 3.8) is 0 Å². The lowest BCUT2D eigenvalue weighted by molar-refractivity contribution is 0.101. The molecule has 2 aromatic rings. The fraction of sp³-hybridized carbons (Fsp3) is 0.267. The molecule has 0 aliphatic rings. The molecule has 0 saturated carbocycles. The van der Waals surface area contributed by atoms with Crippen LogP contribution in [0.4, 0.5) is 5.69 Å². The van der Waals surface area contributed by atoms with Crippen molar-refractivity contribution in [2.45, 2.75) is 13.5 Å². The van der Waals surface area contributed by atoms with Crippen LogP contribution in [0.2, 0.25) is 5.02 Å². The molecule has 0 saturated heterocycles. The lowest BCUT2D eigenvalue weighted by Gasteiger charge is -2.11. The van der Waals surface area contributed by atoms with Gasteiger partial charge in [0.2, 0.25) is 0 Å². The fourth-order valence-corrected chi connectivity index (χ4v) is 2.24. The topological polar surface area (TPSA) is 46.1 Å². The Balaban J connectivity index is 2.17. The zero-order valence-electron chi connectivity index (χ0n) is 11.6. The van der Waals surface area contributed by atoms with Crippen molar-refractivity contribution in [3.05, 3.63) is 52.8 Å². The summed E-state index contributed by atoms with van der Waals surface area (Å²) >= 11 is 5.90. The summed E-state index contributed by atoms with van der Waals surface area (Å²) in [5.74, 6) is -0.164. The van der Waals surface area contributed by atoms with E-state index in [-0.39, 0.29) is 5.91 Å². The molecule has 0 bridgehead atoms. The number of nitrogens with one attached hydrogen (secondary N) is 2. The molecule has 0 aliphatic heterocycles. The van der Waals surface area contributed by atoms with Crippen LogP contribution in [-0.4, -0.2) is 17.0 Å². The molecule has 106 valence electrons. The maximum Gasteiger partial charge on any atom is 0.272 e. The molecule has 5 heteroatoms. The first-order valence-electron chi connectivity index (χ1n) is 6.53. The maximum absolute atomic E-state index is 12.3.